The minimum atomic E-state index is -0.438. The first-order valence-corrected chi connectivity index (χ1v) is 8.97. The lowest BCUT2D eigenvalue weighted by Crippen LogP contribution is -2.35. The summed E-state index contributed by atoms with van der Waals surface area (Å²) < 4.78 is 18.6. The fourth-order valence-corrected chi connectivity index (χ4v) is 4.28. The quantitative estimate of drug-likeness (QED) is 0.865. The van der Waals surface area contributed by atoms with E-state index < -0.39 is 6.09 Å². The summed E-state index contributed by atoms with van der Waals surface area (Å²) in [5.74, 6) is 0.514. The van der Waals surface area contributed by atoms with Crippen molar-refractivity contribution in [3.05, 3.63) is 65.7 Å². The summed E-state index contributed by atoms with van der Waals surface area (Å²) >= 11 is 0. The first-order chi connectivity index (χ1) is 12.7. The zero-order valence-electron chi connectivity index (χ0n) is 14.5. The molecule has 2 heterocycles. The molecule has 1 saturated heterocycles. The number of piperidine rings is 1. The minimum absolute atomic E-state index is 0.233. The van der Waals surface area contributed by atoms with Gasteiger partial charge >= 0.3 is 6.09 Å². The van der Waals surface area contributed by atoms with Gasteiger partial charge in [-0.3, -0.25) is 4.98 Å². The summed E-state index contributed by atoms with van der Waals surface area (Å²) in [5, 5.41) is 6.30. The van der Waals surface area contributed by atoms with Gasteiger partial charge in [0.1, 0.15) is 12.4 Å². The number of ether oxygens (including phenoxy) is 1. The van der Waals surface area contributed by atoms with Crippen molar-refractivity contribution in [3.8, 4) is 0 Å². The van der Waals surface area contributed by atoms with Gasteiger partial charge in [0.2, 0.25) is 0 Å². The van der Waals surface area contributed by atoms with Crippen molar-refractivity contribution >= 4 is 6.09 Å². The van der Waals surface area contributed by atoms with Crippen molar-refractivity contribution in [3.63, 3.8) is 0 Å². The summed E-state index contributed by atoms with van der Waals surface area (Å²) in [6.45, 7) is 2.55. The fraction of sp³-hybridized carbons (Fsp3) is 0.400. The predicted octanol–water partition coefficient (Wildman–Crippen LogP) is 2.62. The highest BCUT2D eigenvalue weighted by molar-refractivity contribution is 5.67. The number of aromatic nitrogens is 1. The number of hydrogen-bond acceptors (Lipinski definition) is 4. The number of amides is 1. The highest BCUT2D eigenvalue weighted by Gasteiger charge is 2.66. The number of halogens is 1. The molecule has 4 rings (SSSR count). The van der Waals surface area contributed by atoms with Crippen LogP contribution in [0.2, 0.25) is 0 Å². The lowest BCUT2D eigenvalue weighted by atomic mass is 9.95. The molecule has 3 atom stereocenters. The van der Waals surface area contributed by atoms with Crippen LogP contribution in [0.1, 0.15) is 17.7 Å². The molecule has 1 aromatic carbocycles. The fourth-order valence-electron chi connectivity index (χ4n) is 4.28. The van der Waals surface area contributed by atoms with E-state index >= 15 is 0 Å². The van der Waals surface area contributed by atoms with Gasteiger partial charge in [-0.05, 0) is 49.0 Å². The first kappa shape index (κ1) is 17.0. The number of nitrogens with one attached hydrogen (secondary N) is 2. The van der Waals surface area contributed by atoms with Crippen LogP contribution in [-0.2, 0) is 16.8 Å². The van der Waals surface area contributed by atoms with E-state index in [1.165, 1.54) is 12.3 Å². The standard InChI is InChI=1S/C20H22FN3O2/c21-15-6-7-18(23-10-15)20(16-8-9-22-11-17(16)20)13-24-19(25)26-12-14-4-2-1-3-5-14/h1-7,10,16-17,22H,8-9,11-13H2,(H,24,25). The third kappa shape index (κ3) is 3.17. The summed E-state index contributed by atoms with van der Waals surface area (Å²) in [4.78, 5) is 16.5. The highest BCUT2D eigenvalue weighted by atomic mass is 19.1. The monoisotopic (exact) mass is 355 g/mol. The number of benzene rings is 1. The normalized spacial score (nSPS) is 26.7. The summed E-state index contributed by atoms with van der Waals surface area (Å²) in [6.07, 6.45) is 1.85. The third-order valence-electron chi connectivity index (χ3n) is 5.64. The van der Waals surface area contributed by atoms with Crippen molar-refractivity contribution in [1.29, 1.82) is 0 Å². The number of hydrogen-bond donors (Lipinski definition) is 2. The average molecular weight is 355 g/mol. The van der Waals surface area contributed by atoms with Gasteiger partial charge in [0.05, 0.1) is 6.20 Å². The topological polar surface area (TPSA) is 63.2 Å². The van der Waals surface area contributed by atoms with E-state index in [4.69, 9.17) is 4.74 Å². The lowest BCUT2D eigenvalue weighted by molar-refractivity contribution is 0.138. The van der Waals surface area contributed by atoms with Crippen LogP contribution in [0.25, 0.3) is 0 Å². The average Bonchev–Trinajstić information content (AvgIpc) is 3.35. The highest BCUT2D eigenvalue weighted by Crippen LogP contribution is 2.61. The largest absolute Gasteiger partial charge is 0.445 e. The van der Waals surface area contributed by atoms with Crippen LogP contribution < -0.4 is 10.6 Å². The number of rotatable bonds is 5. The molecular weight excluding hydrogens is 333 g/mol. The molecule has 1 aromatic heterocycles. The molecule has 1 amide bonds. The van der Waals surface area contributed by atoms with Gasteiger partial charge < -0.3 is 15.4 Å². The van der Waals surface area contributed by atoms with E-state index in [0.29, 0.717) is 18.4 Å². The molecule has 26 heavy (non-hydrogen) atoms. The van der Waals surface area contributed by atoms with Crippen molar-refractivity contribution in [2.75, 3.05) is 19.6 Å². The molecule has 0 bridgehead atoms. The van der Waals surface area contributed by atoms with Gasteiger partial charge in [0.25, 0.3) is 0 Å². The van der Waals surface area contributed by atoms with Crippen LogP contribution in [0.3, 0.4) is 0 Å². The molecular formula is C20H22FN3O2. The summed E-state index contributed by atoms with van der Waals surface area (Å²) in [7, 11) is 0. The second-order valence-corrected chi connectivity index (χ2v) is 7.02. The van der Waals surface area contributed by atoms with Crippen LogP contribution in [-0.4, -0.2) is 30.7 Å². The van der Waals surface area contributed by atoms with Crippen molar-refractivity contribution < 1.29 is 13.9 Å². The Balaban J connectivity index is 1.41. The molecule has 2 N–H and O–H groups in total. The maximum atomic E-state index is 13.3. The Kier molecular flexibility index (Phi) is 4.59. The number of carbonyl (C=O) groups is 1. The van der Waals surface area contributed by atoms with Gasteiger partial charge in [-0.1, -0.05) is 30.3 Å². The van der Waals surface area contributed by atoms with E-state index in [-0.39, 0.29) is 17.8 Å². The van der Waals surface area contributed by atoms with Gasteiger partial charge in [-0.15, -0.1) is 0 Å². The molecule has 2 aromatic rings. The van der Waals surface area contributed by atoms with Crippen molar-refractivity contribution in [2.24, 2.45) is 11.8 Å². The Morgan fingerprint density at radius 3 is 2.81 bits per heavy atom. The van der Waals surface area contributed by atoms with Crippen LogP contribution >= 0.6 is 0 Å². The van der Waals surface area contributed by atoms with E-state index in [1.54, 1.807) is 6.07 Å². The molecule has 1 aliphatic heterocycles. The summed E-state index contributed by atoms with van der Waals surface area (Å²) in [6, 6.07) is 12.8. The molecule has 0 spiro atoms. The molecule has 1 aliphatic carbocycles. The van der Waals surface area contributed by atoms with E-state index in [1.807, 2.05) is 30.3 Å². The van der Waals surface area contributed by atoms with Gasteiger partial charge in [0.15, 0.2) is 0 Å². The minimum Gasteiger partial charge on any atom is -0.445 e. The van der Waals surface area contributed by atoms with Crippen molar-refractivity contribution in [1.82, 2.24) is 15.6 Å². The Labute approximate surface area is 152 Å². The molecule has 1 saturated carbocycles. The summed E-state index contributed by atoms with van der Waals surface area (Å²) in [5.41, 5.74) is 1.56. The molecule has 2 fully saturated rings. The SMILES string of the molecule is O=C(NCC1(c2ccc(F)cn2)C2CCNCC21)OCc1ccccc1. The predicted molar refractivity (Wildman–Crippen MR) is 95.0 cm³/mol. The number of fused-ring (bicyclic) bond motifs is 1. The number of nitrogens with zero attached hydrogens (tertiary/aromatic N) is 1. The second-order valence-electron chi connectivity index (χ2n) is 7.02. The van der Waals surface area contributed by atoms with Crippen LogP contribution in [0, 0.1) is 17.7 Å². The molecule has 3 unspecified atom stereocenters. The van der Waals surface area contributed by atoms with Crippen molar-refractivity contribution in [2.45, 2.75) is 18.4 Å². The van der Waals surface area contributed by atoms with Crippen LogP contribution in [0.5, 0.6) is 0 Å². The van der Waals surface area contributed by atoms with E-state index in [2.05, 4.69) is 15.6 Å². The van der Waals surface area contributed by atoms with Crippen LogP contribution in [0.4, 0.5) is 9.18 Å². The second kappa shape index (κ2) is 7.03. The molecule has 0 radical (unpaired) electrons. The maximum absolute atomic E-state index is 13.3. The Morgan fingerprint density at radius 1 is 1.27 bits per heavy atom. The maximum Gasteiger partial charge on any atom is 0.407 e. The molecule has 5 nitrogen and oxygen atoms in total. The van der Waals surface area contributed by atoms with Crippen LogP contribution in [0.15, 0.2) is 48.7 Å². The zero-order valence-corrected chi connectivity index (χ0v) is 14.5. The zero-order chi connectivity index (χ0) is 18.0. The van der Waals surface area contributed by atoms with Gasteiger partial charge in [-0.25, -0.2) is 9.18 Å². The number of pyridine rings is 1. The number of alkyl carbamates (subject to hydrolysis) is 1. The van der Waals surface area contributed by atoms with Gasteiger partial charge in [0, 0.05) is 17.7 Å². The third-order valence-corrected chi connectivity index (χ3v) is 5.64. The molecule has 2 aliphatic rings. The number of carbonyl (C=O) groups excluding carboxylic acids is 1. The Hall–Kier alpha value is -2.47. The smallest absolute Gasteiger partial charge is 0.407 e. The Bertz CT molecular complexity index is 754. The van der Waals surface area contributed by atoms with E-state index in [0.717, 1.165) is 30.8 Å². The molecule has 6 heteroatoms. The van der Waals surface area contributed by atoms with E-state index in [9.17, 15) is 9.18 Å². The Morgan fingerprint density at radius 2 is 2.12 bits per heavy atom. The molecule has 136 valence electrons. The first-order valence-electron chi connectivity index (χ1n) is 8.97. The van der Waals surface area contributed by atoms with Gasteiger partial charge in [-0.2, -0.15) is 0 Å². The lowest BCUT2D eigenvalue weighted by Gasteiger charge is -2.18.